The number of amides is 1. The van der Waals surface area contributed by atoms with Gasteiger partial charge in [0.2, 0.25) is 5.91 Å². The fraction of sp³-hybridized carbons (Fsp3) is 0.667. The van der Waals surface area contributed by atoms with Crippen LogP contribution in [0.15, 0.2) is 11.9 Å². The van der Waals surface area contributed by atoms with Crippen molar-refractivity contribution in [2.24, 2.45) is 5.92 Å². The molecule has 0 aromatic heterocycles. The molecule has 72 valence electrons. The number of hydrogen-bond acceptors (Lipinski definition) is 3. The molecule has 13 heavy (non-hydrogen) atoms. The molecule has 0 radical (unpaired) electrons. The maximum absolute atomic E-state index is 11.5. The second-order valence-electron chi connectivity index (χ2n) is 3.88. The smallest absolute Gasteiger partial charge is 0.227 e. The van der Waals surface area contributed by atoms with E-state index in [1.807, 2.05) is 23.2 Å². The molecule has 2 heterocycles. The Morgan fingerprint density at radius 2 is 2.38 bits per heavy atom. The highest BCUT2D eigenvalue weighted by molar-refractivity contribution is 5.80. The van der Waals surface area contributed by atoms with Gasteiger partial charge in [0, 0.05) is 26.2 Å². The van der Waals surface area contributed by atoms with Crippen LogP contribution in [0.1, 0.15) is 13.3 Å². The number of rotatable bonds is 1. The molecule has 0 spiro atoms. The van der Waals surface area contributed by atoms with Gasteiger partial charge in [0.25, 0.3) is 0 Å². The molecule has 4 heteroatoms. The van der Waals surface area contributed by atoms with E-state index in [-0.39, 0.29) is 5.91 Å². The zero-order chi connectivity index (χ0) is 9.42. The molecule has 1 amide bonds. The third kappa shape index (κ3) is 1.54. The third-order valence-electron chi connectivity index (χ3n) is 2.52. The summed E-state index contributed by atoms with van der Waals surface area (Å²) in [5.41, 5.74) is 4.22. The normalized spacial score (nSPS) is 28.6. The molecule has 2 rings (SSSR count). The molecule has 1 fully saturated rings. The maximum Gasteiger partial charge on any atom is 0.227 e. The van der Waals surface area contributed by atoms with E-state index in [9.17, 15) is 4.79 Å². The van der Waals surface area contributed by atoms with Crippen LogP contribution in [-0.2, 0) is 4.79 Å². The van der Waals surface area contributed by atoms with Crippen molar-refractivity contribution in [2.45, 2.75) is 13.3 Å². The first kappa shape index (κ1) is 8.56. The first-order chi connectivity index (χ1) is 6.16. The lowest BCUT2D eigenvalue weighted by Gasteiger charge is -2.15. The summed E-state index contributed by atoms with van der Waals surface area (Å²) in [5.74, 6) is 0.759. The number of likely N-dealkylation sites (tertiary alicyclic amines) is 1. The largest absolute Gasteiger partial charge is 0.317 e. The molecule has 0 aromatic carbocycles. The van der Waals surface area contributed by atoms with Crippen LogP contribution in [0.25, 0.3) is 0 Å². The first-order valence-corrected chi connectivity index (χ1v) is 4.64. The van der Waals surface area contributed by atoms with Gasteiger partial charge >= 0.3 is 0 Å². The molecule has 1 N–H and O–H groups in total. The highest BCUT2D eigenvalue weighted by Gasteiger charge is 2.30. The van der Waals surface area contributed by atoms with Gasteiger partial charge in [-0.2, -0.15) is 0 Å². The van der Waals surface area contributed by atoms with E-state index in [1.54, 1.807) is 0 Å². The standard InChI is InChI=1S/C9H15N3O/c1-7-3-9(13)12(5-7)8-4-10-11(2)6-8/h6-7,10H,3-5H2,1-2H3. The predicted molar refractivity (Wildman–Crippen MR) is 49.3 cm³/mol. The highest BCUT2D eigenvalue weighted by Crippen LogP contribution is 2.22. The van der Waals surface area contributed by atoms with Crippen molar-refractivity contribution in [2.75, 3.05) is 20.1 Å². The van der Waals surface area contributed by atoms with Gasteiger partial charge < -0.3 is 9.91 Å². The Morgan fingerprint density at radius 1 is 1.62 bits per heavy atom. The van der Waals surface area contributed by atoms with Crippen molar-refractivity contribution in [1.29, 1.82) is 0 Å². The van der Waals surface area contributed by atoms with Crippen LogP contribution in [0.5, 0.6) is 0 Å². The summed E-state index contributed by atoms with van der Waals surface area (Å²) in [5, 5.41) is 1.89. The number of hydrogen-bond donors (Lipinski definition) is 1. The van der Waals surface area contributed by atoms with Crippen molar-refractivity contribution < 1.29 is 4.79 Å². The number of carbonyl (C=O) groups is 1. The summed E-state index contributed by atoms with van der Waals surface area (Å²) in [4.78, 5) is 13.4. The molecule has 1 atom stereocenters. The summed E-state index contributed by atoms with van der Waals surface area (Å²) < 4.78 is 0. The fourth-order valence-corrected chi connectivity index (χ4v) is 1.85. The third-order valence-corrected chi connectivity index (χ3v) is 2.52. The van der Waals surface area contributed by atoms with Crippen LogP contribution in [-0.4, -0.2) is 36.0 Å². The molecule has 4 nitrogen and oxygen atoms in total. The van der Waals surface area contributed by atoms with E-state index in [0.717, 1.165) is 18.8 Å². The zero-order valence-corrected chi connectivity index (χ0v) is 8.08. The molecular formula is C9H15N3O. The Balaban J connectivity index is 2.09. The van der Waals surface area contributed by atoms with Crippen molar-refractivity contribution in [3.05, 3.63) is 11.9 Å². The summed E-state index contributed by atoms with van der Waals surface area (Å²) >= 11 is 0. The number of hydrazine groups is 1. The molecule has 0 bridgehead atoms. The van der Waals surface area contributed by atoms with Crippen LogP contribution < -0.4 is 5.43 Å². The Labute approximate surface area is 78.2 Å². The number of nitrogens with one attached hydrogen (secondary N) is 1. The summed E-state index contributed by atoms with van der Waals surface area (Å²) in [6.45, 7) is 3.76. The van der Waals surface area contributed by atoms with Crippen molar-refractivity contribution in [3.63, 3.8) is 0 Å². The van der Waals surface area contributed by atoms with Crippen LogP contribution in [0, 0.1) is 5.92 Å². The second kappa shape index (κ2) is 3.03. The minimum atomic E-state index is 0.260. The monoisotopic (exact) mass is 181 g/mol. The van der Waals surface area contributed by atoms with Gasteiger partial charge in [-0.1, -0.05) is 6.92 Å². The van der Waals surface area contributed by atoms with Crippen LogP contribution in [0.3, 0.4) is 0 Å². The van der Waals surface area contributed by atoms with E-state index in [2.05, 4.69) is 12.3 Å². The van der Waals surface area contributed by atoms with Crippen molar-refractivity contribution in [1.82, 2.24) is 15.3 Å². The van der Waals surface area contributed by atoms with E-state index in [4.69, 9.17) is 0 Å². The summed E-state index contributed by atoms with van der Waals surface area (Å²) in [6, 6.07) is 0. The molecular weight excluding hydrogens is 166 g/mol. The lowest BCUT2D eigenvalue weighted by atomic mass is 10.2. The Kier molecular flexibility index (Phi) is 2.00. The number of carbonyl (C=O) groups excluding carboxylic acids is 1. The average Bonchev–Trinajstić information content (AvgIpc) is 2.58. The average molecular weight is 181 g/mol. The Morgan fingerprint density at radius 3 is 2.85 bits per heavy atom. The Bertz CT molecular complexity index is 262. The van der Waals surface area contributed by atoms with Crippen LogP contribution in [0.4, 0.5) is 0 Å². The quantitative estimate of drug-likeness (QED) is 0.625. The van der Waals surface area contributed by atoms with Gasteiger partial charge in [-0.05, 0) is 5.92 Å². The lowest BCUT2D eigenvalue weighted by molar-refractivity contribution is -0.126. The van der Waals surface area contributed by atoms with E-state index in [0.29, 0.717) is 12.3 Å². The molecule has 1 saturated heterocycles. The van der Waals surface area contributed by atoms with Gasteiger partial charge in [0.05, 0.1) is 12.2 Å². The van der Waals surface area contributed by atoms with Crippen LogP contribution in [0.2, 0.25) is 0 Å². The van der Waals surface area contributed by atoms with Gasteiger partial charge in [-0.25, -0.2) is 5.43 Å². The van der Waals surface area contributed by atoms with Gasteiger partial charge in [-0.15, -0.1) is 0 Å². The molecule has 0 aliphatic carbocycles. The second-order valence-corrected chi connectivity index (χ2v) is 3.88. The number of nitrogens with zero attached hydrogens (tertiary/aromatic N) is 2. The lowest BCUT2D eigenvalue weighted by Crippen LogP contribution is -2.28. The summed E-state index contributed by atoms with van der Waals surface area (Å²) in [7, 11) is 1.94. The van der Waals surface area contributed by atoms with Crippen molar-refractivity contribution >= 4 is 5.91 Å². The molecule has 2 aliphatic rings. The Hall–Kier alpha value is -1.03. The van der Waals surface area contributed by atoms with Crippen LogP contribution >= 0.6 is 0 Å². The van der Waals surface area contributed by atoms with E-state index >= 15 is 0 Å². The predicted octanol–water partition coefficient (Wildman–Crippen LogP) is 0.146. The SMILES string of the molecule is CC1CC(=O)N(C2=CN(C)NC2)C1. The molecule has 0 aromatic rings. The van der Waals surface area contributed by atoms with Gasteiger partial charge in [0.15, 0.2) is 0 Å². The van der Waals surface area contributed by atoms with Gasteiger partial charge in [0.1, 0.15) is 0 Å². The fourth-order valence-electron chi connectivity index (χ4n) is 1.85. The van der Waals surface area contributed by atoms with E-state index < -0.39 is 0 Å². The minimum Gasteiger partial charge on any atom is -0.317 e. The maximum atomic E-state index is 11.5. The van der Waals surface area contributed by atoms with Gasteiger partial charge in [-0.3, -0.25) is 4.79 Å². The van der Waals surface area contributed by atoms with Crippen molar-refractivity contribution in [3.8, 4) is 0 Å². The molecule has 0 saturated carbocycles. The summed E-state index contributed by atoms with van der Waals surface area (Å²) in [6.07, 6.45) is 2.68. The van der Waals surface area contributed by atoms with E-state index in [1.165, 1.54) is 0 Å². The highest BCUT2D eigenvalue weighted by atomic mass is 16.2. The minimum absolute atomic E-state index is 0.260. The molecule has 2 aliphatic heterocycles. The zero-order valence-electron chi connectivity index (χ0n) is 8.08. The first-order valence-electron chi connectivity index (χ1n) is 4.64. The molecule has 1 unspecified atom stereocenters. The topological polar surface area (TPSA) is 35.6 Å².